The molecule has 2 aromatic rings. The highest BCUT2D eigenvalue weighted by Gasteiger charge is 2.06. The maximum absolute atomic E-state index is 5.89. The number of nitrogen functional groups attached to an aromatic ring is 1. The Morgan fingerprint density at radius 1 is 1.19 bits per heavy atom. The molecule has 2 rings (SSSR count). The third-order valence-electron chi connectivity index (χ3n) is 2.61. The molecule has 1 heterocycles. The van der Waals surface area contributed by atoms with E-state index in [1.54, 1.807) is 6.20 Å². The molecule has 0 bridgehead atoms. The zero-order chi connectivity index (χ0) is 11.5. The van der Waals surface area contributed by atoms with Gasteiger partial charge in [-0.05, 0) is 23.6 Å². The second-order valence-corrected chi connectivity index (χ2v) is 3.97. The van der Waals surface area contributed by atoms with Gasteiger partial charge in [0, 0.05) is 11.8 Å². The molecule has 0 atom stereocenters. The number of aromatic nitrogens is 1. The van der Waals surface area contributed by atoms with Crippen molar-refractivity contribution in [3.63, 3.8) is 0 Å². The fourth-order valence-corrected chi connectivity index (χ4v) is 1.78. The number of hydrogen-bond donors (Lipinski definition) is 1. The summed E-state index contributed by atoms with van der Waals surface area (Å²) in [6.07, 6.45) is 2.70. The number of halogens is 1. The van der Waals surface area contributed by atoms with Crippen LogP contribution in [0.2, 0.25) is 5.15 Å². The Morgan fingerprint density at radius 2 is 1.88 bits per heavy atom. The van der Waals surface area contributed by atoms with E-state index in [-0.39, 0.29) is 0 Å². The molecule has 2 N–H and O–H groups in total. The molecule has 2 nitrogen and oxygen atoms in total. The predicted molar refractivity (Wildman–Crippen MR) is 68.5 cm³/mol. The van der Waals surface area contributed by atoms with Crippen molar-refractivity contribution in [3.8, 4) is 11.1 Å². The Kier molecular flexibility index (Phi) is 3.11. The Labute approximate surface area is 100 Å². The average molecular weight is 233 g/mol. The number of benzene rings is 1. The molecule has 0 saturated carbocycles. The molecule has 0 radical (unpaired) electrons. The number of pyridine rings is 1. The standard InChI is InChI=1S/C13H13ClN2/c1-2-9-3-5-10(6-4-9)11-7-8-16-13(14)12(11)15/h3-8H,2,15H2,1H3. The molecule has 16 heavy (non-hydrogen) atoms. The van der Waals surface area contributed by atoms with Crippen LogP contribution in [0.1, 0.15) is 12.5 Å². The fraction of sp³-hybridized carbons (Fsp3) is 0.154. The Balaban J connectivity index is 2.46. The van der Waals surface area contributed by atoms with Gasteiger partial charge in [0.1, 0.15) is 0 Å². The first kappa shape index (κ1) is 11.0. The topological polar surface area (TPSA) is 38.9 Å². The highest BCUT2D eigenvalue weighted by atomic mass is 35.5. The van der Waals surface area contributed by atoms with Crippen molar-refractivity contribution in [3.05, 3.63) is 47.2 Å². The average Bonchev–Trinajstić information content (AvgIpc) is 2.33. The van der Waals surface area contributed by atoms with Crippen LogP contribution in [0.5, 0.6) is 0 Å². The fourth-order valence-electron chi connectivity index (χ4n) is 1.62. The Bertz CT molecular complexity index is 492. The van der Waals surface area contributed by atoms with E-state index in [1.807, 2.05) is 6.07 Å². The molecule has 0 saturated heterocycles. The van der Waals surface area contributed by atoms with Gasteiger partial charge in [0.05, 0.1) is 5.69 Å². The first-order valence-corrected chi connectivity index (χ1v) is 5.59. The summed E-state index contributed by atoms with van der Waals surface area (Å²) >= 11 is 5.89. The van der Waals surface area contributed by atoms with Crippen molar-refractivity contribution in [2.45, 2.75) is 13.3 Å². The second kappa shape index (κ2) is 4.54. The lowest BCUT2D eigenvalue weighted by molar-refractivity contribution is 1.14. The predicted octanol–water partition coefficient (Wildman–Crippen LogP) is 3.55. The molecule has 0 fully saturated rings. The van der Waals surface area contributed by atoms with E-state index in [4.69, 9.17) is 17.3 Å². The van der Waals surface area contributed by atoms with Gasteiger partial charge >= 0.3 is 0 Å². The number of nitrogens with zero attached hydrogens (tertiary/aromatic N) is 1. The third kappa shape index (κ3) is 2.02. The molecule has 0 aliphatic heterocycles. The minimum absolute atomic E-state index is 0.358. The van der Waals surface area contributed by atoms with Crippen LogP contribution < -0.4 is 5.73 Å². The summed E-state index contributed by atoms with van der Waals surface area (Å²) in [5, 5.41) is 0.358. The number of hydrogen-bond acceptors (Lipinski definition) is 2. The second-order valence-electron chi connectivity index (χ2n) is 3.61. The smallest absolute Gasteiger partial charge is 0.152 e. The zero-order valence-corrected chi connectivity index (χ0v) is 9.83. The maximum atomic E-state index is 5.89. The molecule has 0 unspecified atom stereocenters. The van der Waals surface area contributed by atoms with Crippen molar-refractivity contribution in [1.29, 1.82) is 0 Å². The van der Waals surface area contributed by atoms with Crippen LogP contribution in [0.3, 0.4) is 0 Å². The monoisotopic (exact) mass is 232 g/mol. The van der Waals surface area contributed by atoms with Crippen LogP contribution in [0.25, 0.3) is 11.1 Å². The summed E-state index contributed by atoms with van der Waals surface area (Å²) in [4.78, 5) is 3.94. The molecular weight excluding hydrogens is 220 g/mol. The van der Waals surface area contributed by atoms with E-state index in [1.165, 1.54) is 5.56 Å². The summed E-state index contributed by atoms with van der Waals surface area (Å²) in [5.74, 6) is 0. The molecule has 1 aromatic heterocycles. The van der Waals surface area contributed by atoms with Crippen molar-refractivity contribution >= 4 is 17.3 Å². The van der Waals surface area contributed by atoms with E-state index >= 15 is 0 Å². The lowest BCUT2D eigenvalue weighted by atomic mass is 10.0. The van der Waals surface area contributed by atoms with Gasteiger partial charge in [0.15, 0.2) is 5.15 Å². The summed E-state index contributed by atoms with van der Waals surface area (Å²) in [7, 11) is 0. The lowest BCUT2D eigenvalue weighted by Crippen LogP contribution is -1.93. The molecule has 3 heteroatoms. The number of aryl methyl sites for hydroxylation is 1. The van der Waals surface area contributed by atoms with Crippen LogP contribution in [0.4, 0.5) is 5.69 Å². The van der Waals surface area contributed by atoms with Crippen molar-refractivity contribution in [2.24, 2.45) is 0 Å². The van der Waals surface area contributed by atoms with Gasteiger partial charge in [-0.15, -0.1) is 0 Å². The molecule has 1 aromatic carbocycles. The highest BCUT2D eigenvalue weighted by molar-refractivity contribution is 6.32. The highest BCUT2D eigenvalue weighted by Crippen LogP contribution is 2.29. The van der Waals surface area contributed by atoms with E-state index < -0.39 is 0 Å². The first-order chi connectivity index (χ1) is 7.72. The van der Waals surface area contributed by atoms with Gasteiger partial charge in [-0.1, -0.05) is 42.8 Å². The lowest BCUT2D eigenvalue weighted by Gasteiger charge is -2.07. The van der Waals surface area contributed by atoms with E-state index in [0.29, 0.717) is 10.8 Å². The summed E-state index contributed by atoms with van der Waals surface area (Å²) in [5.41, 5.74) is 9.74. The number of nitrogens with two attached hydrogens (primary N) is 1. The molecule has 0 aliphatic carbocycles. The van der Waals surface area contributed by atoms with Gasteiger partial charge < -0.3 is 5.73 Å². The van der Waals surface area contributed by atoms with Crippen molar-refractivity contribution < 1.29 is 0 Å². The minimum Gasteiger partial charge on any atom is -0.396 e. The van der Waals surface area contributed by atoms with Crippen LogP contribution >= 0.6 is 11.6 Å². The van der Waals surface area contributed by atoms with Gasteiger partial charge in [-0.25, -0.2) is 4.98 Å². The van der Waals surface area contributed by atoms with Crippen LogP contribution in [0, 0.1) is 0 Å². The molecular formula is C13H13ClN2. The minimum atomic E-state index is 0.358. The van der Waals surface area contributed by atoms with Crippen LogP contribution in [0.15, 0.2) is 36.5 Å². The SMILES string of the molecule is CCc1ccc(-c2ccnc(Cl)c2N)cc1. The summed E-state index contributed by atoms with van der Waals surface area (Å²) < 4.78 is 0. The van der Waals surface area contributed by atoms with E-state index in [2.05, 4.69) is 36.2 Å². The first-order valence-electron chi connectivity index (χ1n) is 5.21. The molecule has 0 spiro atoms. The van der Waals surface area contributed by atoms with Crippen molar-refractivity contribution in [2.75, 3.05) is 5.73 Å². The van der Waals surface area contributed by atoms with Crippen LogP contribution in [-0.2, 0) is 6.42 Å². The van der Waals surface area contributed by atoms with Gasteiger partial charge in [0.2, 0.25) is 0 Å². The van der Waals surface area contributed by atoms with E-state index in [0.717, 1.165) is 17.5 Å². The largest absolute Gasteiger partial charge is 0.396 e. The van der Waals surface area contributed by atoms with Gasteiger partial charge in [0.25, 0.3) is 0 Å². The van der Waals surface area contributed by atoms with Gasteiger partial charge in [-0.3, -0.25) is 0 Å². The van der Waals surface area contributed by atoms with E-state index in [9.17, 15) is 0 Å². The quantitative estimate of drug-likeness (QED) is 0.805. The third-order valence-corrected chi connectivity index (χ3v) is 2.92. The molecule has 0 amide bonds. The molecule has 0 aliphatic rings. The maximum Gasteiger partial charge on any atom is 0.152 e. The van der Waals surface area contributed by atoms with Crippen LogP contribution in [-0.4, -0.2) is 4.98 Å². The normalized spacial score (nSPS) is 10.4. The zero-order valence-electron chi connectivity index (χ0n) is 9.07. The molecule has 82 valence electrons. The Hall–Kier alpha value is -1.54. The summed E-state index contributed by atoms with van der Waals surface area (Å²) in [6.45, 7) is 2.13. The van der Waals surface area contributed by atoms with Crippen molar-refractivity contribution in [1.82, 2.24) is 4.98 Å². The Morgan fingerprint density at radius 3 is 2.50 bits per heavy atom. The number of anilines is 1. The van der Waals surface area contributed by atoms with Gasteiger partial charge in [-0.2, -0.15) is 0 Å². The number of rotatable bonds is 2. The summed E-state index contributed by atoms with van der Waals surface area (Å²) in [6, 6.07) is 10.2.